The fourth-order valence-electron chi connectivity index (χ4n) is 1.97. The maximum atomic E-state index is 11.2. The van der Waals surface area contributed by atoms with Crippen LogP contribution in [-0.4, -0.2) is 10.9 Å². The average molecular weight is 214 g/mol. The quantitative estimate of drug-likeness (QED) is 0.791. The molecule has 2 aromatic rings. The second kappa shape index (κ2) is 3.59. The van der Waals surface area contributed by atoms with Crippen molar-refractivity contribution in [2.24, 2.45) is 5.73 Å². The molecule has 0 atom stereocenters. The van der Waals surface area contributed by atoms with Crippen molar-refractivity contribution in [3.8, 4) is 0 Å². The molecule has 3 heteroatoms. The van der Waals surface area contributed by atoms with Crippen LogP contribution < -0.4 is 5.73 Å². The van der Waals surface area contributed by atoms with E-state index in [-0.39, 0.29) is 0 Å². The van der Waals surface area contributed by atoms with Crippen molar-refractivity contribution in [2.75, 3.05) is 0 Å². The lowest BCUT2D eigenvalue weighted by Gasteiger charge is -2.08. The van der Waals surface area contributed by atoms with Crippen LogP contribution in [0.15, 0.2) is 18.2 Å². The summed E-state index contributed by atoms with van der Waals surface area (Å²) in [6.45, 7) is 5.93. The molecule has 0 aliphatic carbocycles. The third-order valence-electron chi connectivity index (χ3n) is 2.72. The number of hydrogen-bond donors (Lipinski definition) is 1. The first-order chi connectivity index (χ1) is 7.49. The van der Waals surface area contributed by atoms with Crippen molar-refractivity contribution in [1.29, 1.82) is 0 Å². The second-order valence-electron chi connectivity index (χ2n) is 4.13. The Bertz CT molecular complexity index is 588. The monoisotopic (exact) mass is 214 g/mol. The predicted octanol–water partition coefficient (Wildman–Crippen LogP) is 2.26. The van der Waals surface area contributed by atoms with Gasteiger partial charge in [0.25, 0.3) is 0 Å². The number of fused-ring (bicyclic) bond motifs is 1. The summed E-state index contributed by atoms with van der Waals surface area (Å²) >= 11 is 0. The first-order valence-electron chi connectivity index (χ1n) is 5.17. The molecule has 0 aliphatic rings. The van der Waals surface area contributed by atoms with E-state index in [4.69, 9.17) is 5.73 Å². The largest absolute Gasteiger partial charge is 0.366 e. The van der Waals surface area contributed by atoms with Crippen LogP contribution in [0.5, 0.6) is 0 Å². The van der Waals surface area contributed by atoms with Crippen molar-refractivity contribution in [3.63, 3.8) is 0 Å². The Labute approximate surface area is 94.3 Å². The van der Waals surface area contributed by atoms with Crippen molar-refractivity contribution >= 4 is 16.8 Å². The molecule has 0 bridgehead atoms. The van der Waals surface area contributed by atoms with E-state index >= 15 is 0 Å². The summed E-state index contributed by atoms with van der Waals surface area (Å²) in [5.74, 6) is -0.398. The number of carbonyl (C=O) groups is 1. The van der Waals surface area contributed by atoms with Gasteiger partial charge >= 0.3 is 0 Å². The van der Waals surface area contributed by atoms with Gasteiger partial charge in [-0.25, -0.2) is 0 Å². The van der Waals surface area contributed by atoms with Gasteiger partial charge in [-0.05, 0) is 50.1 Å². The van der Waals surface area contributed by atoms with Gasteiger partial charge in [-0.15, -0.1) is 0 Å². The summed E-state index contributed by atoms with van der Waals surface area (Å²) in [5, 5.41) is 0.999. The maximum Gasteiger partial charge on any atom is 0.248 e. The van der Waals surface area contributed by atoms with E-state index in [1.165, 1.54) is 0 Å². The van der Waals surface area contributed by atoms with Crippen LogP contribution in [0, 0.1) is 20.8 Å². The number of primary amides is 1. The summed E-state index contributed by atoms with van der Waals surface area (Å²) in [7, 11) is 0. The molecule has 0 saturated carbocycles. The fraction of sp³-hybridized carbons (Fsp3) is 0.231. The Morgan fingerprint density at radius 3 is 2.44 bits per heavy atom. The molecule has 3 nitrogen and oxygen atoms in total. The molecular formula is C13H14N2O. The molecule has 82 valence electrons. The van der Waals surface area contributed by atoms with E-state index in [1.807, 2.05) is 32.9 Å². The maximum absolute atomic E-state index is 11.2. The van der Waals surface area contributed by atoms with Crippen LogP contribution in [0.1, 0.15) is 27.2 Å². The summed E-state index contributed by atoms with van der Waals surface area (Å²) in [6, 6.07) is 5.61. The van der Waals surface area contributed by atoms with Gasteiger partial charge < -0.3 is 5.73 Å². The van der Waals surface area contributed by atoms with Gasteiger partial charge in [0.2, 0.25) is 5.91 Å². The molecule has 0 spiro atoms. The summed E-state index contributed by atoms with van der Waals surface area (Å²) in [6.07, 6.45) is 0. The molecule has 1 aromatic heterocycles. The van der Waals surface area contributed by atoms with E-state index < -0.39 is 5.91 Å². The van der Waals surface area contributed by atoms with Crippen molar-refractivity contribution in [3.05, 3.63) is 40.6 Å². The molecule has 2 N–H and O–H groups in total. The standard InChI is InChI=1S/C13H14N2O/c1-7-4-9(3)15-12-8(2)5-10(13(14)16)6-11(7)12/h4-6H,1-3H3,(H2,14,16). The van der Waals surface area contributed by atoms with Crippen LogP contribution >= 0.6 is 0 Å². The number of amides is 1. The van der Waals surface area contributed by atoms with Gasteiger partial charge in [-0.1, -0.05) is 0 Å². The van der Waals surface area contributed by atoms with Crippen molar-refractivity contribution < 1.29 is 4.79 Å². The Morgan fingerprint density at radius 2 is 1.81 bits per heavy atom. The smallest absolute Gasteiger partial charge is 0.248 e. The third-order valence-corrected chi connectivity index (χ3v) is 2.72. The first-order valence-corrected chi connectivity index (χ1v) is 5.17. The molecule has 0 unspecified atom stereocenters. The Hall–Kier alpha value is -1.90. The normalized spacial score (nSPS) is 10.7. The molecule has 1 aromatic carbocycles. The summed E-state index contributed by atoms with van der Waals surface area (Å²) in [4.78, 5) is 15.7. The van der Waals surface area contributed by atoms with Gasteiger partial charge in [-0.3, -0.25) is 9.78 Å². The number of aryl methyl sites for hydroxylation is 3. The average Bonchev–Trinajstić information content (AvgIpc) is 2.19. The molecule has 0 fully saturated rings. The molecule has 16 heavy (non-hydrogen) atoms. The zero-order valence-electron chi connectivity index (χ0n) is 9.66. The number of rotatable bonds is 1. The Morgan fingerprint density at radius 1 is 1.12 bits per heavy atom. The molecule has 1 heterocycles. The lowest BCUT2D eigenvalue weighted by molar-refractivity contribution is 0.100. The topological polar surface area (TPSA) is 56.0 Å². The lowest BCUT2D eigenvalue weighted by Crippen LogP contribution is -2.11. The minimum atomic E-state index is -0.398. The van der Waals surface area contributed by atoms with E-state index in [1.54, 1.807) is 6.07 Å². The number of hydrogen-bond acceptors (Lipinski definition) is 2. The number of pyridine rings is 1. The minimum Gasteiger partial charge on any atom is -0.366 e. The number of nitrogens with two attached hydrogens (primary N) is 1. The SMILES string of the molecule is Cc1cc(C)c2cc(C(N)=O)cc(C)c2n1. The zero-order valence-corrected chi connectivity index (χ0v) is 9.66. The van der Waals surface area contributed by atoms with Crippen molar-refractivity contribution in [2.45, 2.75) is 20.8 Å². The highest BCUT2D eigenvalue weighted by Crippen LogP contribution is 2.22. The second-order valence-corrected chi connectivity index (χ2v) is 4.13. The van der Waals surface area contributed by atoms with Gasteiger partial charge in [0.1, 0.15) is 0 Å². The highest BCUT2D eigenvalue weighted by Gasteiger charge is 2.08. The third kappa shape index (κ3) is 1.65. The number of nitrogens with zero attached hydrogens (tertiary/aromatic N) is 1. The molecule has 0 saturated heterocycles. The molecule has 1 amide bonds. The summed E-state index contributed by atoms with van der Waals surface area (Å²) < 4.78 is 0. The van der Waals surface area contributed by atoms with E-state index in [0.29, 0.717) is 5.56 Å². The number of carbonyl (C=O) groups excluding carboxylic acids is 1. The van der Waals surface area contributed by atoms with E-state index in [9.17, 15) is 4.79 Å². The van der Waals surface area contributed by atoms with Gasteiger partial charge in [0, 0.05) is 16.6 Å². The number of aromatic nitrogens is 1. The summed E-state index contributed by atoms with van der Waals surface area (Å²) in [5.41, 5.74) is 9.87. The van der Waals surface area contributed by atoms with E-state index in [0.717, 1.165) is 27.7 Å². The fourth-order valence-corrected chi connectivity index (χ4v) is 1.97. The highest BCUT2D eigenvalue weighted by molar-refractivity contribution is 5.98. The van der Waals surface area contributed by atoms with E-state index in [2.05, 4.69) is 4.98 Å². The lowest BCUT2D eigenvalue weighted by atomic mass is 10.0. The zero-order chi connectivity index (χ0) is 11.9. The Balaban J connectivity index is 2.87. The minimum absolute atomic E-state index is 0.398. The first kappa shape index (κ1) is 10.6. The van der Waals surface area contributed by atoms with Gasteiger partial charge in [0.05, 0.1) is 5.52 Å². The molecule has 0 aliphatic heterocycles. The van der Waals surface area contributed by atoms with Crippen LogP contribution in [-0.2, 0) is 0 Å². The van der Waals surface area contributed by atoms with Crippen LogP contribution in [0.4, 0.5) is 0 Å². The molecular weight excluding hydrogens is 200 g/mol. The number of benzene rings is 1. The van der Waals surface area contributed by atoms with Crippen LogP contribution in [0.2, 0.25) is 0 Å². The Kier molecular flexibility index (Phi) is 2.38. The van der Waals surface area contributed by atoms with Crippen molar-refractivity contribution in [1.82, 2.24) is 4.98 Å². The molecule has 2 rings (SSSR count). The van der Waals surface area contributed by atoms with Crippen LogP contribution in [0.25, 0.3) is 10.9 Å². The predicted molar refractivity (Wildman–Crippen MR) is 64.5 cm³/mol. The van der Waals surface area contributed by atoms with Gasteiger partial charge in [0.15, 0.2) is 0 Å². The van der Waals surface area contributed by atoms with Gasteiger partial charge in [-0.2, -0.15) is 0 Å². The molecule has 0 radical (unpaired) electrons. The van der Waals surface area contributed by atoms with Crippen LogP contribution in [0.3, 0.4) is 0 Å². The highest BCUT2D eigenvalue weighted by atomic mass is 16.1.